The van der Waals surface area contributed by atoms with Crippen LogP contribution in [-0.4, -0.2) is 44.6 Å². The number of rotatable bonds is 13. The average Bonchev–Trinajstić information content (AvgIpc) is 2.98. The summed E-state index contributed by atoms with van der Waals surface area (Å²) in [6.45, 7) is 9.26. The molecule has 0 aromatic heterocycles. The summed E-state index contributed by atoms with van der Waals surface area (Å²) in [5, 5.41) is 12.0. The quantitative estimate of drug-likeness (QED) is 0.288. The molecule has 0 saturated carbocycles. The number of nitrogens with zero attached hydrogens (tertiary/aromatic N) is 2. The minimum atomic E-state index is -0.119. The number of likely N-dealkylation sites (tertiary alicyclic amines) is 1. The maximum atomic E-state index is 11.6. The van der Waals surface area contributed by atoms with E-state index in [1.165, 1.54) is 62.7 Å². The highest BCUT2D eigenvalue weighted by Crippen LogP contribution is 2.41. The highest BCUT2D eigenvalue weighted by molar-refractivity contribution is 6.01. The first-order chi connectivity index (χ1) is 14.1. The van der Waals surface area contributed by atoms with E-state index in [0.717, 1.165) is 31.6 Å². The van der Waals surface area contributed by atoms with Crippen molar-refractivity contribution in [2.75, 3.05) is 6.54 Å². The Hall–Kier alpha value is -0.940. The molecular weight excluding hydrogens is 376 g/mol. The Kier molecular flexibility index (Phi) is 9.80. The third-order valence-corrected chi connectivity index (χ3v) is 7.12. The number of hydrogen-bond donors (Lipinski definition) is 1. The first-order valence-corrected chi connectivity index (χ1v) is 12.5. The molecule has 0 aliphatic carbocycles. The van der Waals surface area contributed by atoms with Crippen molar-refractivity contribution >= 4 is 11.8 Å². The normalized spacial score (nSPS) is 22.2. The Bertz CT molecular complexity index is 525. The van der Waals surface area contributed by atoms with Crippen LogP contribution in [0.5, 0.6) is 0 Å². The number of hydrogen-bond acceptors (Lipinski definition) is 4. The zero-order valence-electron chi connectivity index (χ0n) is 20.0. The van der Waals surface area contributed by atoms with Crippen LogP contribution >= 0.6 is 0 Å². The number of imide groups is 1. The molecule has 0 bridgehead atoms. The van der Waals surface area contributed by atoms with Crippen LogP contribution < -0.4 is 0 Å². The highest BCUT2D eigenvalue weighted by atomic mass is 16.5. The molecular formula is C25H46N2O3. The fraction of sp³-hybridized carbons (Fsp3) is 0.920. The Balaban J connectivity index is 1.41. The lowest BCUT2D eigenvalue weighted by atomic mass is 9.73. The van der Waals surface area contributed by atoms with Gasteiger partial charge in [-0.2, -0.15) is 5.06 Å². The first kappa shape index (κ1) is 25.3. The van der Waals surface area contributed by atoms with E-state index in [0.29, 0.717) is 19.4 Å². The monoisotopic (exact) mass is 422 g/mol. The lowest BCUT2D eigenvalue weighted by molar-refractivity contribution is -0.251. The third-order valence-electron chi connectivity index (χ3n) is 7.12. The smallest absolute Gasteiger partial charge is 0.229 e. The van der Waals surface area contributed by atoms with Crippen LogP contribution in [0.15, 0.2) is 0 Å². The number of carbonyl (C=O) groups excluding carboxylic acids is 2. The molecule has 0 radical (unpaired) electrons. The number of carbonyl (C=O) groups is 2. The minimum Gasteiger partial charge on any atom is -0.313 e. The number of amides is 2. The summed E-state index contributed by atoms with van der Waals surface area (Å²) in [4.78, 5) is 24.6. The standard InChI is InChI=1S/C25H46N2O3/c1-24(2)19-21(20-25(3,4)27(24)30)15-13-11-9-7-5-6-8-10-12-14-18-26-22(28)16-17-23(26)29/h21,30H,5-20H2,1-4H3. The van der Waals surface area contributed by atoms with Gasteiger partial charge in [-0.1, -0.05) is 64.2 Å². The third kappa shape index (κ3) is 7.64. The summed E-state index contributed by atoms with van der Waals surface area (Å²) in [5.74, 6) is 0.766. The van der Waals surface area contributed by atoms with Gasteiger partial charge in [-0.15, -0.1) is 0 Å². The summed E-state index contributed by atoms with van der Waals surface area (Å²) < 4.78 is 0. The van der Waals surface area contributed by atoms with Crippen molar-refractivity contribution in [1.82, 2.24) is 9.96 Å². The molecule has 5 heteroatoms. The molecule has 2 fully saturated rings. The fourth-order valence-electron chi connectivity index (χ4n) is 5.67. The van der Waals surface area contributed by atoms with Gasteiger partial charge in [0.05, 0.1) is 0 Å². The van der Waals surface area contributed by atoms with Gasteiger partial charge in [0.15, 0.2) is 0 Å². The Morgan fingerprint density at radius 2 is 1.13 bits per heavy atom. The topological polar surface area (TPSA) is 60.9 Å². The molecule has 2 rings (SSSR count). The molecule has 2 heterocycles. The van der Waals surface area contributed by atoms with Crippen molar-refractivity contribution in [2.45, 2.75) is 135 Å². The van der Waals surface area contributed by atoms with Crippen molar-refractivity contribution in [1.29, 1.82) is 0 Å². The summed E-state index contributed by atoms with van der Waals surface area (Å²) in [6, 6.07) is 0. The van der Waals surface area contributed by atoms with Crippen LogP contribution in [0.2, 0.25) is 0 Å². The Morgan fingerprint density at radius 1 is 0.733 bits per heavy atom. The summed E-state index contributed by atoms with van der Waals surface area (Å²) >= 11 is 0. The van der Waals surface area contributed by atoms with Gasteiger partial charge in [0, 0.05) is 30.5 Å². The van der Waals surface area contributed by atoms with Crippen LogP contribution in [0.3, 0.4) is 0 Å². The molecule has 174 valence electrons. The SMILES string of the molecule is CC1(C)CC(CCCCCCCCCCCCN2C(=O)CCC2=O)CC(C)(C)N1O. The molecule has 2 aliphatic heterocycles. The van der Waals surface area contributed by atoms with E-state index in [2.05, 4.69) is 27.7 Å². The highest BCUT2D eigenvalue weighted by Gasteiger charge is 2.44. The minimum absolute atomic E-state index is 0.0197. The van der Waals surface area contributed by atoms with Gasteiger partial charge in [-0.05, 0) is 52.9 Å². The van der Waals surface area contributed by atoms with E-state index in [-0.39, 0.29) is 22.9 Å². The molecule has 2 aliphatic rings. The largest absolute Gasteiger partial charge is 0.313 e. The van der Waals surface area contributed by atoms with E-state index in [1.807, 2.05) is 0 Å². The zero-order chi connectivity index (χ0) is 22.2. The predicted molar refractivity (Wildman–Crippen MR) is 121 cm³/mol. The molecule has 0 atom stereocenters. The van der Waals surface area contributed by atoms with Gasteiger partial charge < -0.3 is 5.21 Å². The molecule has 30 heavy (non-hydrogen) atoms. The lowest BCUT2D eigenvalue weighted by Crippen LogP contribution is -2.58. The Labute approximate surface area is 184 Å². The summed E-state index contributed by atoms with van der Waals surface area (Å²) in [6.07, 6.45) is 16.8. The molecule has 2 amide bonds. The van der Waals surface area contributed by atoms with Gasteiger partial charge in [0.1, 0.15) is 0 Å². The number of hydroxylamine groups is 2. The van der Waals surface area contributed by atoms with Crippen molar-refractivity contribution in [3.8, 4) is 0 Å². The van der Waals surface area contributed by atoms with Crippen LogP contribution in [0.25, 0.3) is 0 Å². The zero-order valence-corrected chi connectivity index (χ0v) is 20.0. The van der Waals surface area contributed by atoms with Gasteiger partial charge in [0.2, 0.25) is 11.8 Å². The second kappa shape index (κ2) is 11.6. The second-order valence-corrected chi connectivity index (χ2v) is 11.0. The van der Waals surface area contributed by atoms with Gasteiger partial charge in [-0.25, -0.2) is 0 Å². The molecule has 0 unspecified atom stereocenters. The predicted octanol–water partition coefficient (Wildman–Crippen LogP) is 6.08. The Morgan fingerprint density at radius 3 is 1.60 bits per heavy atom. The lowest BCUT2D eigenvalue weighted by Gasteiger charge is -2.51. The molecule has 5 nitrogen and oxygen atoms in total. The maximum absolute atomic E-state index is 11.6. The molecule has 0 aromatic rings. The van der Waals surface area contributed by atoms with Crippen LogP contribution in [0, 0.1) is 5.92 Å². The van der Waals surface area contributed by atoms with Crippen molar-refractivity contribution in [2.24, 2.45) is 5.92 Å². The molecule has 1 N–H and O–H groups in total. The fourth-order valence-corrected chi connectivity index (χ4v) is 5.67. The van der Waals surface area contributed by atoms with Crippen LogP contribution in [-0.2, 0) is 9.59 Å². The molecule has 2 saturated heterocycles. The average molecular weight is 423 g/mol. The second-order valence-electron chi connectivity index (χ2n) is 11.0. The van der Waals surface area contributed by atoms with Crippen molar-refractivity contribution in [3.63, 3.8) is 0 Å². The van der Waals surface area contributed by atoms with Gasteiger partial charge >= 0.3 is 0 Å². The maximum Gasteiger partial charge on any atom is 0.229 e. The first-order valence-electron chi connectivity index (χ1n) is 12.5. The number of unbranched alkanes of at least 4 members (excludes halogenated alkanes) is 9. The van der Waals surface area contributed by atoms with E-state index in [9.17, 15) is 14.8 Å². The number of piperidine rings is 1. The van der Waals surface area contributed by atoms with E-state index in [4.69, 9.17) is 0 Å². The summed E-state index contributed by atoms with van der Waals surface area (Å²) in [5.41, 5.74) is -0.238. The molecule has 0 aromatic carbocycles. The van der Waals surface area contributed by atoms with Crippen LogP contribution in [0.4, 0.5) is 0 Å². The van der Waals surface area contributed by atoms with Gasteiger partial charge in [0.25, 0.3) is 0 Å². The van der Waals surface area contributed by atoms with Gasteiger partial charge in [-0.3, -0.25) is 14.5 Å². The van der Waals surface area contributed by atoms with E-state index >= 15 is 0 Å². The van der Waals surface area contributed by atoms with E-state index in [1.54, 1.807) is 5.06 Å². The summed E-state index contributed by atoms with van der Waals surface area (Å²) in [7, 11) is 0. The van der Waals surface area contributed by atoms with Crippen molar-refractivity contribution < 1.29 is 14.8 Å². The van der Waals surface area contributed by atoms with Crippen molar-refractivity contribution in [3.05, 3.63) is 0 Å². The van der Waals surface area contributed by atoms with Crippen LogP contribution in [0.1, 0.15) is 124 Å². The molecule has 0 spiro atoms. The van der Waals surface area contributed by atoms with E-state index < -0.39 is 0 Å².